The van der Waals surface area contributed by atoms with Gasteiger partial charge in [0.1, 0.15) is 6.07 Å². The maximum absolute atomic E-state index is 10.6. The number of rotatable bonds is 6. The molecule has 2 N–H and O–H groups in total. The van der Waals surface area contributed by atoms with Crippen molar-refractivity contribution in [2.45, 2.75) is 19.8 Å². The van der Waals surface area contributed by atoms with Crippen LogP contribution in [0.15, 0.2) is 30.5 Å². The first kappa shape index (κ1) is 14.8. The summed E-state index contributed by atoms with van der Waals surface area (Å²) in [4.78, 5) is 14.8. The normalized spacial score (nSPS) is 11.8. The number of carboxylic acids is 1. The van der Waals surface area contributed by atoms with Crippen molar-refractivity contribution in [3.63, 3.8) is 0 Å². The number of para-hydroxylation sites is 1. The van der Waals surface area contributed by atoms with Crippen LogP contribution < -0.4 is 5.32 Å². The average molecular weight is 283 g/mol. The Morgan fingerprint density at radius 3 is 2.95 bits per heavy atom. The van der Waals surface area contributed by atoms with E-state index in [1.807, 2.05) is 31.2 Å². The number of nitriles is 1. The summed E-state index contributed by atoms with van der Waals surface area (Å²) in [6, 6.07) is 9.78. The Labute approximate surface area is 123 Å². The quantitative estimate of drug-likeness (QED) is 0.851. The molecule has 1 unspecified atom stereocenters. The first-order chi connectivity index (χ1) is 10.1. The summed E-state index contributed by atoms with van der Waals surface area (Å²) < 4.78 is 0. The predicted molar refractivity (Wildman–Crippen MR) is 81.0 cm³/mol. The lowest BCUT2D eigenvalue weighted by atomic mass is 10.0. The number of pyridine rings is 1. The number of hydrogen-bond acceptors (Lipinski definition) is 4. The molecule has 2 aromatic rings. The van der Waals surface area contributed by atoms with Gasteiger partial charge in [0.15, 0.2) is 0 Å². The van der Waals surface area contributed by atoms with Gasteiger partial charge in [0.05, 0.1) is 16.8 Å². The number of nitrogens with zero attached hydrogens (tertiary/aromatic N) is 2. The number of fused-ring (bicyclic) bond motifs is 1. The molecule has 0 spiro atoms. The summed E-state index contributed by atoms with van der Waals surface area (Å²) in [5, 5.41) is 22.1. The number of aromatic nitrogens is 1. The summed E-state index contributed by atoms with van der Waals surface area (Å²) >= 11 is 0. The zero-order valence-corrected chi connectivity index (χ0v) is 11.8. The third-order valence-corrected chi connectivity index (χ3v) is 3.37. The molecule has 0 radical (unpaired) electrons. The van der Waals surface area contributed by atoms with Crippen LogP contribution in [-0.2, 0) is 4.79 Å². The molecule has 0 saturated heterocycles. The largest absolute Gasteiger partial charge is 0.481 e. The molecule has 0 aliphatic heterocycles. The van der Waals surface area contributed by atoms with Crippen LogP contribution in [0.4, 0.5) is 5.69 Å². The van der Waals surface area contributed by atoms with Gasteiger partial charge in [-0.15, -0.1) is 0 Å². The molecular formula is C16H17N3O2. The molecule has 0 bridgehead atoms. The number of anilines is 1. The van der Waals surface area contributed by atoms with Crippen LogP contribution in [0.2, 0.25) is 0 Å². The first-order valence-electron chi connectivity index (χ1n) is 6.85. The fourth-order valence-electron chi connectivity index (χ4n) is 2.16. The van der Waals surface area contributed by atoms with E-state index in [2.05, 4.69) is 16.4 Å². The molecular weight excluding hydrogens is 266 g/mol. The van der Waals surface area contributed by atoms with Crippen molar-refractivity contribution < 1.29 is 9.90 Å². The number of benzene rings is 1. The molecule has 0 aliphatic carbocycles. The molecule has 0 fully saturated rings. The summed E-state index contributed by atoms with van der Waals surface area (Å²) in [6.45, 7) is 2.61. The van der Waals surface area contributed by atoms with Crippen molar-refractivity contribution in [3.8, 4) is 6.07 Å². The van der Waals surface area contributed by atoms with E-state index in [4.69, 9.17) is 5.11 Å². The molecule has 1 atom stereocenters. The van der Waals surface area contributed by atoms with E-state index in [9.17, 15) is 10.1 Å². The zero-order chi connectivity index (χ0) is 15.2. The van der Waals surface area contributed by atoms with E-state index in [1.54, 1.807) is 6.20 Å². The Morgan fingerprint density at radius 1 is 1.48 bits per heavy atom. The average Bonchev–Trinajstić information content (AvgIpc) is 2.50. The number of carboxylic acid groups (broad SMARTS) is 1. The monoisotopic (exact) mass is 283 g/mol. The van der Waals surface area contributed by atoms with Gasteiger partial charge in [-0.3, -0.25) is 9.78 Å². The van der Waals surface area contributed by atoms with Crippen LogP contribution in [0, 0.1) is 17.2 Å². The van der Waals surface area contributed by atoms with Gasteiger partial charge < -0.3 is 10.4 Å². The molecule has 108 valence electrons. The number of carbonyl (C=O) groups is 1. The number of hydrogen-bond donors (Lipinski definition) is 2. The highest BCUT2D eigenvalue weighted by Crippen LogP contribution is 2.25. The van der Waals surface area contributed by atoms with Crippen LogP contribution in [0.25, 0.3) is 10.9 Å². The topological polar surface area (TPSA) is 86.0 Å². The minimum atomic E-state index is -0.783. The Kier molecular flexibility index (Phi) is 4.72. The number of nitrogens with one attached hydrogen (secondary N) is 1. The van der Waals surface area contributed by atoms with E-state index in [0.29, 0.717) is 18.5 Å². The second-order valence-electron chi connectivity index (χ2n) is 5.09. The fourth-order valence-corrected chi connectivity index (χ4v) is 2.16. The SMILES string of the molecule is CC(CCC(=O)O)CNc1c(C#N)cnc2ccccc12. The van der Waals surface area contributed by atoms with Crippen LogP contribution in [-0.4, -0.2) is 22.6 Å². The molecule has 21 heavy (non-hydrogen) atoms. The van der Waals surface area contributed by atoms with Gasteiger partial charge >= 0.3 is 5.97 Å². The lowest BCUT2D eigenvalue weighted by Crippen LogP contribution is -2.14. The van der Waals surface area contributed by atoms with Crippen molar-refractivity contribution in [3.05, 3.63) is 36.0 Å². The number of aliphatic carboxylic acids is 1. The third-order valence-electron chi connectivity index (χ3n) is 3.37. The highest BCUT2D eigenvalue weighted by Gasteiger charge is 2.10. The minimum Gasteiger partial charge on any atom is -0.481 e. The van der Waals surface area contributed by atoms with Crippen molar-refractivity contribution in [2.24, 2.45) is 5.92 Å². The minimum absolute atomic E-state index is 0.158. The smallest absolute Gasteiger partial charge is 0.303 e. The summed E-state index contributed by atoms with van der Waals surface area (Å²) in [5.41, 5.74) is 2.10. The molecule has 5 nitrogen and oxygen atoms in total. The van der Waals surface area contributed by atoms with Crippen LogP contribution in [0.1, 0.15) is 25.3 Å². The molecule has 0 aliphatic rings. The van der Waals surface area contributed by atoms with Crippen LogP contribution in [0.5, 0.6) is 0 Å². The van der Waals surface area contributed by atoms with Gasteiger partial charge in [-0.2, -0.15) is 5.26 Å². The van der Waals surface area contributed by atoms with E-state index in [-0.39, 0.29) is 12.3 Å². The predicted octanol–water partition coefficient (Wildman–Crippen LogP) is 3.02. The molecule has 5 heteroatoms. The van der Waals surface area contributed by atoms with E-state index in [1.165, 1.54) is 0 Å². The van der Waals surface area contributed by atoms with Gasteiger partial charge in [-0.25, -0.2) is 0 Å². The van der Waals surface area contributed by atoms with Gasteiger partial charge in [-0.05, 0) is 18.4 Å². The molecule has 0 saturated carbocycles. The molecule has 1 heterocycles. The highest BCUT2D eigenvalue weighted by molar-refractivity contribution is 5.93. The standard InChI is InChI=1S/C16H17N3O2/c1-11(6-7-15(20)21)9-19-16-12(8-17)10-18-14-5-3-2-4-13(14)16/h2-5,10-11H,6-7,9H2,1H3,(H,18,19)(H,20,21). The summed E-state index contributed by atoms with van der Waals surface area (Å²) in [5.74, 6) is -0.575. The van der Waals surface area contributed by atoms with Crippen LogP contribution in [0.3, 0.4) is 0 Å². The second kappa shape index (κ2) is 6.71. The van der Waals surface area contributed by atoms with Gasteiger partial charge in [0.2, 0.25) is 0 Å². The zero-order valence-electron chi connectivity index (χ0n) is 11.8. The molecule has 0 amide bonds. The Hall–Kier alpha value is -2.61. The Bertz CT molecular complexity index is 691. The fraction of sp³-hybridized carbons (Fsp3) is 0.312. The maximum Gasteiger partial charge on any atom is 0.303 e. The van der Waals surface area contributed by atoms with Crippen molar-refractivity contribution in [2.75, 3.05) is 11.9 Å². The lowest BCUT2D eigenvalue weighted by Gasteiger charge is -2.15. The first-order valence-corrected chi connectivity index (χ1v) is 6.85. The van der Waals surface area contributed by atoms with Crippen molar-refractivity contribution in [1.29, 1.82) is 5.26 Å². The van der Waals surface area contributed by atoms with E-state index < -0.39 is 5.97 Å². The second-order valence-corrected chi connectivity index (χ2v) is 5.09. The van der Waals surface area contributed by atoms with Gasteiger partial charge in [0, 0.05) is 24.5 Å². The van der Waals surface area contributed by atoms with Crippen molar-refractivity contribution >= 4 is 22.6 Å². The summed E-state index contributed by atoms with van der Waals surface area (Å²) in [6.07, 6.45) is 2.32. The van der Waals surface area contributed by atoms with E-state index in [0.717, 1.165) is 16.6 Å². The lowest BCUT2D eigenvalue weighted by molar-refractivity contribution is -0.137. The van der Waals surface area contributed by atoms with Crippen molar-refractivity contribution in [1.82, 2.24) is 4.98 Å². The molecule has 1 aromatic heterocycles. The highest BCUT2D eigenvalue weighted by atomic mass is 16.4. The summed E-state index contributed by atoms with van der Waals surface area (Å²) in [7, 11) is 0. The Morgan fingerprint density at radius 2 is 2.24 bits per heavy atom. The van der Waals surface area contributed by atoms with Gasteiger partial charge in [-0.1, -0.05) is 25.1 Å². The van der Waals surface area contributed by atoms with Crippen LogP contribution >= 0.6 is 0 Å². The third kappa shape index (κ3) is 3.69. The molecule has 1 aromatic carbocycles. The van der Waals surface area contributed by atoms with Gasteiger partial charge in [0.25, 0.3) is 0 Å². The molecule has 2 rings (SSSR count). The maximum atomic E-state index is 10.6. The Balaban J connectivity index is 2.17. The van der Waals surface area contributed by atoms with E-state index >= 15 is 0 Å².